The predicted octanol–water partition coefficient (Wildman–Crippen LogP) is 4.84. The number of rotatable bonds is 2. The Morgan fingerprint density at radius 1 is 1.15 bits per heavy atom. The predicted molar refractivity (Wildman–Crippen MR) is 74.9 cm³/mol. The van der Waals surface area contributed by atoms with Crippen molar-refractivity contribution in [1.29, 1.82) is 0 Å². The molecule has 1 heterocycles. The van der Waals surface area contributed by atoms with E-state index in [0.29, 0.717) is 12.8 Å². The molecule has 5 heteroatoms. The van der Waals surface area contributed by atoms with Gasteiger partial charge in [0.1, 0.15) is 0 Å². The monoisotopic (exact) mass is 303 g/mol. The first kappa shape index (κ1) is 14.4. The van der Waals surface area contributed by atoms with Crippen LogP contribution in [0, 0.1) is 5.92 Å². The fourth-order valence-electron chi connectivity index (χ4n) is 3.58. The lowest BCUT2D eigenvalue weighted by Gasteiger charge is -2.35. The van der Waals surface area contributed by atoms with Crippen molar-refractivity contribution in [2.75, 3.05) is 0 Å². The summed E-state index contributed by atoms with van der Waals surface area (Å²) in [4.78, 5) is 1.41. The number of alkyl halides is 3. The van der Waals surface area contributed by atoms with Crippen LogP contribution >= 0.6 is 11.3 Å². The first-order chi connectivity index (χ1) is 9.54. The zero-order chi connectivity index (χ0) is 14.2. The first-order valence-corrected chi connectivity index (χ1v) is 8.31. The third kappa shape index (κ3) is 3.03. The molecule has 3 unspecified atom stereocenters. The maximum absolute atomic E-state index is 12.9. The molecule has 2 aliphatic carbocycles. The third-order valence-corrected chi connectivity index (χ3v) is 5.62. The molecular weight excluding hydrogens is 283 g/mol. The smallest absolute Gasteiger partial charge is 0.307 e. The van der Waals surface area contributed by atoms with E-state index in [1.54, 1.807) is 11.3 Å². The second-order valence-electron chi connectivity index (χ2n) is 6.01. The number of fused-ring (bicyclic) bond motifs is 1. The van der Waals surface area contributed by atoms with Gasteiger partial charge in [-0.05, 0) is 55.5 Å². The summed E-state index contributed by atoms with van der Waals surface area (Å²) in [5.41, 5.74) is 1.33. The van der Waals surface area contributed by atoms with Crippen LogP contribution in [-0.2, 0) is 6.42 Å². The highest BCUT2D eigenvalue weighted by Gasteiger charge is 2.42. The van der Waals surface area contributed by atoms with Gasteiger partial charge in [0.05, 0.1) is 5.92 Å². The van der Waals surface area contributed by atoms with Gasteiger partial charge in [0, 0.05) is 17.0 Å². The Balaban J connectivity index is 1.64. The Hall–Kier alpha value is -0.550. The summed E-state index contributed by atoms with van der Waals surface area (Å²) in [6.07, 6.45) is 1.40. The quantitative estimate of drug-likeness (QED) is 0.824. The molecule has 1 fully saturated rings. The number of hydrogen-bond donors (Lipinski definition) is 1. The van der Waals surface area contributed by atoms with Crippen molar-refractivity contribution in [3.63, 3.8) is 0 Å². The molecule has 2 aliphatic rings. The number of nitrogens with one attached hydrogen (secondary N) is 1. The lowest BCUT2D eigenvalue weighted by Crippen LogP contribution is -2.41. The first-order valence-electron chi connectivity index (χ1n) is 7.43. The molecule has 3 rings (SSSR count). The van der Waals surface area contributed by atoms with E-state index in [-0.39, 0.29) is 18.5 Å². The van der Waals surface area contributed by atoms with Crippen LogP contribution in [-0.4, -0.2) is 12.2 Å². The lowest BCUT2D eigenvalue weighted by atomic mass is 9.84. The van der Waals surface area contributed by atoms with Crippen molar-refractivity contribution in [2.24, 2.45) is 5.92 Å². The zero-order valence-electron chi connectivity index (χ0n) is 11.4. The SMILES string of the molecule is FC(F)(F)C1CCCC(NC2CCCc3sccc32)C1. The van der Waals surface area contributed by atoms with E-state index in [4.69, 9.17) is 0 Å². The molecule has 3 atom stereocenters. The van der Waals surface area contributed by atoms with Crippen molar-refractivity contribution < 1.29 is 13.2 Å². The Morgan fingerprint density at radius 2 is 2.00 bits per heavy atom. The average Bonchev–Trinajstić information content (AvgIpc) is 2.87. The summed E-state index contributed by atoms with van der Waals surface area (Å²) in [7, 11) is 0. The summed E-state index contributed by atoms with van der Waals surface area (Å²) >= 11 is 1.78. The molecule has 0 bridgehead atoms. The summed E-state index contributed by atoms with van der Waals surface area (Å²) in [5.74, 6) is -1.11. The van der Waals surface area contributed by atoms with Crippen molar-refractivity contribution >= 4 is 11.3 Å². The number of halogens is 3. The van der Waals surface area contributed by atoms with Crippen molar-refractivity contribution in [1.82, 2.24) is 5.32 Å². The molecule has 1 saturated carbocycles. The van der Waals surface area contributed by atoms with E-state index in [1.807, 2.05) is 0 Å². The summed E-state index contributed by atoms with van der Waals surface area (Å²) in [5, 5.41) is 5.61. The molecule has 0 amide bonds. The van der Waals surface area contributed by atoms with Crippen LogP contribution in [0.4, 0.5) is 13.2 Å². The minimum atomic E-state index is -4.03. The molecule has 20 heavy (non-hydrogen) atoms. The van der Waals surface area contributed by atoms with Crippen LogP contribution < -0.4 is 5.32 Å². The van der Waals surface area contributed by atoms with Gasteiger partial charge in [0.2, 0.25) is 0 Å². The molecule has 112 valence electrons. The molecule has 1 aromatic rings. The summed E-state index contributed by atoms with van der Waals surface area (Å²) in [6.45, 7) is 0. The molecule has 0 aromatic carbocycles. The van der Waals surface area contributed by atoms with Crippen LogP contribution in [0.5, 0.6) is 0 Å². The van der Waals surface area contributed by atoms with Gasteiger partial charge in [-0.25, -0.2) is 0 Å². The Labute approximate surface area is 121 Å². The maximum Gasteiger partial charge on any atom is 0.391 e. The van der Waals surface area contributed by atoms with E-state index in [2.05, 4.69) is 16.8 Å². The van der Waals surface area contributed by atoms with Crippen molar-refractivity contribution in [2.45, 2.75) is 63.2 Å². The van der Waals surface area contributed by atoms with E-state index >= 15 is 0 Å². The van der Waals surface area contributed by atoms with Gasteiger partial charge < -0.3 is 5.32 Å². The zero-order valence-corrected chi connectivity index (χ0v) is 12.2. The van der Waals surface area contributed by atoms with Crippen LogP contribution in [0.3, 0.4) is 0 Å². The molecule has 0 saturated heterocycles. The second kappa shape index (κ2) is 5.68. The largest absolute Gasteiger partial charge is 0.391 e. The fraction of sp³-hybridized carbons (Fsp3) is 0.733. The minimum absolute atomic E-state index is 0.0197. The summed E-state index contributed by atoms with van der Waals surface area (Å²) in [6, 6.07) is 2.43. The van der Waals surface area contributed by atoms with Gasteiger partial charge in [0.15, 0.2) is 0 Å². The van der Waals surface area contributed by atoms with Crippen molar-refractivity contribution in [3.8, 4) is 0 Å². The maximum atomic E-state index is 12.9. The molecule has 0 radical (unpaired) electrons. The van der Waals surface area contributed by atoms with Crippen LogP contribution in [0.1, 0.15) is 55.0 Å². The summed E-state index contributed by atoms with van der Waals surface area (Å²) < 4.78 is 38.6. The average molecular weight is 303 g/mol. The molecule has 1 nitrogen and oxygen atoms in total. The van der Waals surface area contributed by atoms with Gasteiger partial charge in [-0.3, -0.25) is 0 Å². The fourth-order valence-corrected chi connectivity index (χ4v) is 4.57. The third-order valence-electron chi connectivity index (χ3n) is 4.63. The molecule has 0 aliphatic heterocycles. The Bertz CT molecular complexity index is 454. The second-order valence-corrected chi connectivity index (χ2v) is 7.01. The lowest BCUT2D eigenvalue weighted by molar-refractivity contribution is -0.183. The van der Waals surface area contributed by atoms with E-state index in [9.17, 15) is 13.2 Å². The number of thiophene rings is 1. The standard InChI is InChI=1S/C15H20F3NS/c16-15(17,18)10-3-1-4-11(9-10)19-13-5-2-6-14-12(13)7-8-20-14/h7-8,10-11,13,19H,1-6,9H2. The Kier molecular flexibility index (Phi) is 4.09. The van der Waals surface area contributed by atoms with Gasteiger partial charge in [0.25, 0.3) is 0 Å². The normalized spacial score (nSPS) is 31.1. The van der Waals surface area contributed by atoms with Gasteiger partial charge in [-0.15, -0.1) is 11.3 Å². The molecule has 0 spiro atoms. The Morgan fingerprint density at radius 3 is 2.80 bits per heavy atom. The van der Waals surface area contributed by atoms with Crippen LogP contribution in [0.2, 0.25) is 0 Å². The molecule has 1 N–H and O–H groups in total. The number of aryl methyl sites for hydroxylation is 1. The highest BCUT2D eigenvalue weighted by atomic mass is 32.1. The van der Waals surface area contributed by atoms with E-state index in [1.165, 1.54) is 10.4 Å². The minimum Gasteiger partial charge on any atom is -0.307 e. The van der Waals surface area contributed by atoms with Crippen molar-refractivity contribution in [3.05, 3.63) is 21.9 Å². The van der Waals surface area contributed by atoms with Gasteiger partial charge in [-0.1, -0.05) is 6.42 Å². The highest BCUT2D eigenvalue weighted by Crippen LogP contribution is 2.39. The van der Waals surface area contributed by atoms with Gasteiger partial charge >= 0.3 is 6.18 Å². The van der Waals surface area contributed by atoms with E-state index < -0.39 is 12.1 Å². The molecule has 1 aromatic heterocycles. The highest BCUT2D eigenvalue weighted by molar-refractivity contribution is 7.10. The topological polar surface area (TPSA) is 12.0 Å². The van der Waals surface area contributed by atoms with Crippen LogP contribution in [0.15, 0.2) is 11.4 Å². The van der Waals surface area contributed by atoms with Gasteiger partial charge in [-0.2, -0.15) is 13.2 Å². The molecular formula is C15H20F3NS. The number of hydrogen-bond acceptors (Lipinski definition) is 2. The van der Waals surface area contributed by atoms with E-state index in [0.717, 1.165) is 25.7 Å². The van der Waals surface area contributed by atoms with Crippen LogP contribution in [0.25, 0.3) is 0 Å².